The number of anilines is 3. The highest BCUT2D eigenvalue weighted by Gasteiger charge is 2.27. The maximum absolute atomic E-state index is 12.7. The van der Waals surface area contributed by atoms with Crippen LogP contribution in [0, 0.1) is 0 Å². The molecule has 0 spiro atoms. The second-order valence-corrected chi connectivity index (χ2v) is 7.35. The molecule has 31 heavy (non-hydrogen) atoms. The number of rotatable bonds is 5. The maximum Gasteiger partial charge on any atom is 0.274 e. The summed E-state index contributed by atoms with van der Waals surface area (Å²) < 4.78 is 0. The lowest BCUT2D eigenvalue weighted by Crippen LogP contribution is -2.13. The minimum absolute atomic E-state index is 0.129. The van der Waals surface area contributed by atoms with Crippen LogP contribution in [0.3, 0.4) is 0 Å². The Morgan fingerprint density at radius 1 is 1.03 bits per heavy atom. The molecule has 8 heteroatoms. The highest BCUT2D eigenvalue weighted by molar-refractivity contribution is 6.07. The molecule has 0 bridgehead atoms. The number of hydrogen-bond donors (Lipinski definition) is 4. The smallest absolute Gasteiger partial charge is 0.274 e. The van der Waals surface area contributed by atoms with E-state index in [0.29, 0.717) is 23.5 Å². The van der Waals surface area contributed by atoms with Crippen molar-refractivity contribution in [2.24, 2.45) is 0 Å². The monoisotopic (exact) mass is 412 g/mol. The first-order valence-corrected chi connectivity index (χ1v) is 10.1. The number of hydrogen-bond acceptors (Lipinski definition) is 5. The number of benzene rings is 1. The molecule has 154 valence electrons. The number of nitrogens with zero attached hydrogens (tertiary/aromatic N) is 2. The van der Waals surface area contributed by atoms with E-state index in [1.807, 2.05) is 36.4 Å². The van der Waals surface area contributed by atoms with Gasteiger partial charge in [-0.2, -0.15) is 5.10 Å². The Bertz CT molecular complexity index is 1240. The average molecular weight is 412 g/mol. The Balaban J connectivity index is 1.54. The molecule has 8 nitrogen and oxygen atoms in total. The van der Waals surface area contributed by atoms with Crippen LogP contribution < -0.4 is 10.6 Å². The largest absolute Gasteiger partial charge is 0.356 e. The first kappa shape index (κ1) is 18.8. The molecule has 0 unspecified atom stereocenters. The third-order valence-corrected chi connectivity index (χ3v) is 5.27. The van der Waals surface area contributed by atoms with Crippen LogP contribution >= 0.6 is 0 Å². The third kappa shape index (κ3) is 3.71. The third-order valence-electron chi connectivity index (χ3n) is 5.27. The summed E-state index contributed by atoms with van der Waals surface area (Å²) in [6, 6.07) is 15.0. The first-order chi connectivity index (χ1) is 15.2. The van der Waals surface area contributed by atoms with E-state index < -0.39 is 0 Å². The molecular formula is C23H20N6O2. The number of nitrogens with one attached hydrogen (secondary N) is 4. The second-order valence-electron chi connectivity index (χ2n) is 7.35. The maximum atomic E-state index is 12.7. The van der Waals surface area contributed by atoms with E-state index in [-0.39, 0.29) is 11.7 Å². The molecule has 3 heterocycles. The van der Waals surface area contributed by atoms with Gasteiger partial charge in [-0.05, 0) is 43.2 Å². The minimum atomic E-state index is -0.328. The number of para-hydroxylation sites is 1. The molecule has 5 rings (SSSR count). The molecule has 4 aromatic rings. The van der Waals surface area contributed by atoms with Crippen LogP contribution in [0.4, 0.5) is 17.2 Å². The molecule has 0 saturated heterocycles. The Labute approximate surface area is 178 Å². The van der Waals surface area contributed by atoms with E-state index in [0.717, 1.165) is 41.2 Å². The van der Waals surface area contributed by atoms with Gasteiger partial charge in [0.25, 0.3) is 5.91 Å². The standard InChI is InChI=1S/C23H20N6O2/c30-18-8-4-7-16-20(18)22(26-15-5-2-1-3-6-15)21(27-16)14-9-11-24-19(13-14)28-23(31)17-10-12-25-29-17/h1-3,5-6,9-13,26-27H,4,7-8H2,(H,25,29)(H,24,28,31). The van der Waals surface area contributed by atoms with Gasteiger partial charge < -0.3 is 15.6 Å². The van der Waals surface area contributed by atoms with Crippen molar-refractivity contribution in [1.29, 1.82) is 0 Å². The molecular weight excluding hydrogens is 392 g/mol. The van der Waals surface area contributed by atoms with Crippen LogP contribution in [-0.4, -0.2) is 31.9 Å². The number of carbonyl (C=O) groups excluding carboxylic acids is 2. The number of fused-ring (bicyclic) bond motifs is 1. The molecule has 1 amide bonds. The topological polar surface area (TPSA) is 116 Å². The highest BCUT2D eigenvalue weighted by atomic mass is 16.2. The van der Waals surface area contributed by atoms with Gasteiger partial charge >= 0.3 is 0 Å². The summed E-state index contributed by atoms with van der Waals surface area (Å²) in [5, 5.41) is 12.6. The van der Waals surface area contributed by atoms with Gasteiger partial charge in [0.1, 0.15) is 11.5 Å². The molecule has 4 N–H and O–H groups in total. The zero-order valence-electron chi connectivity index (χ0n) is 16.6. The summed E-state index contributed by atoms with van der Waals surface area (Å²) in [5.41, 5.74) is 5.25. The van der Waals surface area contributed by atoms with E-state index in [1.54, 1.807) is 18.3 Å². The fourth-order valence-corrected chi connectivity index (χ4v) is 3.83. The minimum Gasteiger partial charge on any atom is -0.356 e. The number of ketones is 1. The number of carbonyl (C=O) groups is 2. The van der Waals surface area contributed by atoms with Gasteiger partial charge in [-0.15, -0.1) is 0 Å². The lowest BCUT2D eigenvalue weighted by atomic mass is 9.95. The predicted octanol–water partition coefficient (Wildman–Crippen LogP) is 4.31. The Morgan fingerprint density at radius 3 is 2.71 bits per heavy atom. The normalized spacial score (nSPS) is 13.0. The number of pyridine rings is 1. The Kier molecular flexibility index (Phi) is 4.80. The quantitative estimate of drug-likeness (QED) is 0.390. The van der Waals surface area contributed by atoms with Crippen LogP contribution in [0.1, 0.15) is 39.4 Å². The summed E-state index contributed by atoms with van der Waals surface area (Å²) >= 11 is 0. The zero-order valence-corrected chi connectivity index (χ0v) is 16.6. The van der Waals surface area contributed by atoms with Crippen molar-refractivity contribution in [3.05, 3.63) is 77.9 Å². The van der Waals surface area contributed by atoms with Gasteiger partial charge in [-0.1, -0.05) is 18.2 Å². The van der Waals surface area contributed by atoms with E-state index in [2.05, 4.69) is 30.8 Å². The SMILES string of the molecule is O=C(Nc1cc(-c2[nH]c3c(c2Nc2ccccc2)C(=O)CCC3)ccn1)c1ccn[nH]1. The fraction of sp³-hybridized carbons (Fsp3) is 0.130. The molecule has 0 saturated carbocycles. The van der Waals surface area contributed by atoms with E-state index in [9.17, 15) is 9.59 Å². The van der Waals surface area contributed by atoms with Gasteiger partial charge in [-0.3, -0.25) is 14.7 Å². The second kappa shape index (κ2) is 7.91. The van der Waals surface area contributed by atoms with E-state index in [1.165, 1.54) is 6.20 Å². The average Bonchev–Trinajstić information content (AvgIpc) is 3.44. The van der Waals surface area contributed by atoms with Crippen molar-refractivity contribution in [2.75, 3.05) is 10.6 Å². The molecule has 0 fully saturated rings. The molecule has 1 aliphatic rings. The number of aromatic amines is 2. The van der Waals surface area contributed by atoms with Crippen molar-refractivity contribution in [1.82, 2.24) is 20.2 Å². The zero-order chi connectivity index (χ0) is 21.2. The summed E-state index contributed by atoms with van der Waals surface area (Å²) in [7, 11) is 0. The Hall–Kier alpha value is -4.20. The Morgan fingerprint density at radius 2 is 1.90 bits per heavy atom. The molecule has 3 aromatic heterocycles. The highest BCUT2D eigenvalue weighted by Crippen LogP contribution is 2.39. The summed E-state index contributed by atoms with van der Waals surface area (Å²) in [6.45, 7) is 0. The number of aryl methyl sites for hydroxylation is 1. The van der Waals surface area contributed by atoms with Crippen LogP contribution in [0.5, 0.6) is 0 Å². The summed E-state index contributed by atoms with van der Waals surface area (Å²) in [6.07, 6.45) is 5.33. The lowest BCUT2D eigenvalue weighted by molar-refractivity contribution is 0.0972. The number of Topliss-reactive ketones (excluding diaryl/α,β-unsaturated/α-hetero) is 1. The molecule has 1 aliphatic carbocycles. The van der Waals surface area contributed by atoms with E-state index in [4.69, 9.17) is 0 Å². The van der Waals surface area contributed by atoms with Crippen LogP contribution in [-0.2, 0) is 6.42 Å². The fourth-order valence-electron chi connectivity index (χ4n) is 3.83. The molecule has 0 aliphatic heterocycles. The molecule has 0 radical (unpaired) electrons. The molecule has 1 aromatic carbocycles. The molecule has 0 atom stereocenters. The van der Waals surface area contributed by atoms with Gasteiger partial charge in [0.15, 0.2) is 5.78 Å². The van der Waals surface area contributed by atoms with Crippen molar-refractivity contribution in [3.63, 3.8) is 0 Å². The lowest BCUT2D eigenvalue weighted by Gasteiger charge is -2.14. The van der Waals surface area contributed by atoms with Gasteiger partial charge in [0, 0.05) is 35.8 Å². The van der Waals surface area contributed by atoms with Crippen molar-refractivity contribution in [2.45, 2.75) is 19.3 Å². The summed E-state index contributed by atoms with van der Waals surface area (Å²) in [5.74, 6) is 0.205. The first-order valence-electron chi connectivity index (χ1n) is 10.1. The van der Waals surface area contributed by atoms with Crippen molar-refractivity contribution in [3.8, 4) is 11.3 Å². The number of aromatic nitrogens is 4. The van der Waals surface area contributed by atoms with Gasteiger partial charge in [0.2, 0.25) is 0 Å². The van der Waals surface area contributed by atoms with Crippen LogP contribution in [0.15, 0.2) is 60.9 Å². The van der Waals surface area contributed by atoms with Crippen molar-refractivity contribution < 1.29 is 9.59 Å². The summed E-state index contributed by atoms with van der Waals surface area (Å²) in [4.78, 5) is 32.8. The van der Waals surface area contributed by atoms with Gasteiger partial charge in [0.05, 0.1) is 16.9 Å². The van der Waals surface area contributed by atoms with Crippen LogP contribution in [0.25, 0.3) is 11.3 Å². The van der Waals surface area contributed by atoms with Crippen LogP contribution in [0.2, 0.25) is 0 Å². The van der Waals surface area contributed by atoms with Crippen molar-refractivity contribution >= 4 is 28.9 Å². The van der Waals surface area contributed by atoms with E-state index >= 15 is 0 Å². The number of H-pyrrole nitrogens is 2. The predicted molar refractivity (Wildman–Crippen MR) is 118 cm³/mol. The number of amides is 1. The van der Waals surface area contributed by atoms with Gasteiger partial charge in [-0.25, -0.2) is 4.98 Å².